The number of imidazole rings is 2. The van der Waals surface area contributed by atoms with Crippen LogP contribution in [0.25, 0.3) is 44.3 Å². The monoisotopic (exact) mass is 870 g/mol. The van der Waals surface area contributed by atoms with Gasteiger partial charge in [0.1, 0.15) is 23.7 Å². The van der Waals surface area contributed by atoms with E-state index in [9.17, 15) is 24.0 Å². The number of likely N-dealkylation sites (tertiary alicyclic amines) is 2. The Labute approximate surface area is 372 Å². The summed E-state index contributed by atoms with van der Waals surface area (Å²) in [6.45, 7) is 8.73. The molecule has 2 saturated heterocycles. The molecular formula is C49H58N8O7. The molecule has 2 aliphatic carbocycles. The molecule has 0 radical (unpaired) electrons. The first kappa shape index (κ1) is 43.0. The first-order valence-corrected chi connectivity index (χ1v) is 22.8. The maximum Gasteiger partial charge on any atom is 0.407 e. The summed E-state index contributed by atoms with van der Waals surface area (Å²) in [4.78, 5) is 87.3. The summed E-state index contributed by atoms with van der Waals surface area (Å²) in [5, 5.41) is 5.44. The number of Topliss-reactive ketones (excluding diaryl/α,β-unsaturated/α-hetero) is 1. The van der Waals surface area contributed by atoms with Crippen LogP contribution in [0.5, 0.6) is 0 Å². The van der Waals surface area contributed by atoms with Gasteiger partial charge in [-0.05, 0) is 109 Å². The van der Waals surface area contributed by atoms with E-state index in [1.54, 1.807) is 0 Å². The molecule has 0 bridgehead atoms. The van der Waals surface area contributed by atoms with Crippen molar-refractivity contribution in [2.24, 2.45) is 17.3 Å². The van der Waals surface area contributed by atoms with Crippen molar-refractivity contribution in [1.82, 2.24) is 40.4 Å². The van der Waals surface area contributed by atoms with Gasteiger partial charge in [0.25, 0.3) is 0 Å². The standard InChI is InChI=1S/C49H58N8O7/c1-26(2)40(54-47(61)63-5)45(59)56-21-9-11-37(56)43-50-33-17-13-28(23-35(33)52-43)30-15-16-31(39-32(30)25-49(42(39)58)19-7-8-20-49)29-14-18-34-36(24-29)53-44(51-34)38-12-10-22-57(38)46(60)41(27(3)4)55-48(62)64-6/h13-18,23-24,26-27,37-38,40-41H,7-12,19-22,25H2,1-6H3,(H,50,52)(H,51,53)(H,54,61)(H,55,62)/t37-,38-,40-,41-/m0/s1. The molecule has 64 heavy (non-hydrogen) atoms. The Morgan fingerprint density at radius 3 is 1.62 bits per heavy atom. The molecule has 1 saturated carbocycles. The van der Waals surface area contributed by atoms with E-state index in [0.29, 0.717) is 31.2 Å². The van der Waals surface area contributed by atoms with Gasteiger partial charge >= 0.3 is 12.2 Å². The predicted octanol–water partition coefficient (Wildman–Crippen LogP) is 8.16. The highest BCUT2D eigenvalue weighted by Gasteiger charge is 2.49. The fraction of sp³-hybridized carbons (Fsp3) is 0.490. The van der Waals surface area contributed by atoms with E-state index in [0.717, 1.165) is 107 Å². The molecule has 0 unspecified atom stereocenters. The number of hydrogen-bond acceptors (Lipinski definition) is 9. The van der Waals surface area contributed by atoms with Gasteiger partial charge in [-0.1, -0.05) is 64.8 Å². The third kappa shape index (κ3) is 7.55. The number of H-pyrrole nitrogens is 2. The van der Waals surface area contributed by atoms with Crippen LogP contribution in [-0.4, -0.2) is 98.9 Å². The van der Waals surface area contributed by atoms with Crippen LogP contribution in [-0.2, 0) is 25.5 Å². The van der Waals surface area contributed by atoms with Crippen LogP contribution >= 0.6 is 0 Å². The second-order valence-electron chi connectivity index (χ2n) is 18.8. The highest BCUT2D eigenvalue weighted by molar-refractivity contribution is 6.12. The Morgan fingerprint density at radius 1 is 0.688 bits per heavy atom. The van der Waals surface area contributed by atoms with Gasteiger partial charge < -0.3 is 39.9 Å². The molecule has 4 heterocycles. The lowest BCUT2D eigenvalue weighted by molar-refractivity contribution is -0.136. The van der Waals surface area contributed by atoms with Gasteiger partial charge in [-0.15, -0.1) is 0 Å². The zero-order valence-corrected chi connectivity index (χ0v) is 37.5. The fourth-order valence-electron chi connectivity index (χ4n) is 10.8. The molecule has 3 aromatic carbocycles. The zero-order valence-electron chi connectivity index (χ0n) is 37.5. The zero-order chi connectivity index (χ0) is 45.0. The Balaban J connectivity index is 1.03. The first-order chi connectivity index (χ1) is 30.8. The number of hydrogen-bond donors (Lipinski definition) is 4. The van der Waals surface area contributed by atoms with Gasteiger partial charge in [-0.2, -0.15) is 0 Å². The highest BCUT2D eigenvalue weighted by Crippen LogP contribution is 2.53. The summed E-state index contributed by atoms with van der Waals surface area (Å²) in [7, 11) is 2.58. The summed E-state index contributed by atoms with van der Waals surface area (Å²) in [6, 6.07) is 14.5. The molecular weight excluding hydrogens is 813 g/mol. The van der Waals surface area contributed by atoms with E-state index in [4.69, 9.17) is 19.4 Å². The van der Waals surface area contributed by atoms with Crippen LogP contribution in [0.1, 0.15) is 119 Å². The van der Waals surface area contributed by atoms with Crippen molar-refractivity contribution >= 4 is 51.9 Å². The Morgan fingerprint density at radius 2 is 1.16 bits per heavy atom. The number of alkyl carbamates (subject to hydrolysis) is 2. The van der Waals surface area contributed by atoms with Gasteiger partial charge in [0.05, 0.1) is 48.4 Å². The third-order valence-electron chi connectivity index (χ3n) is 14.2. The number of carbonyl (C=O) groups is 5. The largest absolute Gasteiger partial charge is 0.453 e. The first-order valence-electron chi connectivity index (χ1n) is 22.8. The molecule has 4 amide bonds. The van der Waals surface area contributed by atoms with Crippen LogP contribution < -0.4 is 10.6 Å². The molecule has 4 atom stereocenters. The summed E-state index contributed by atoms with van der Waals surface area (Å²) in [5.74, 6) is 1.03. The fourth-order valence-corrected chi connectivity index (χ4v) is 10.8. The second-order valence-corrected chi connectivity index (χ2v) is 18.8. The minimum absolute atomic E-state index is 0.134. The Kier molecular flexibility index (Phi) is 11.5. The molecule has 15 nitrogen and oxygen atoms in total. The SMILES string of the molecule is COC(=O)N[C@H](C(=O)N1CCC[C@H]1c1nc2ccc(-c3ccc(-c4ccc5nc([C@@H]6CCCN6C(=O)[C@@H](NC(=O)OC)C(C)C)[nH]c5c4)c4c3CC3(CCCC3)C4=O)cc2[nH]1)C(C)C. The summed E-state index contributed by atoms with van der Waals surface area (Å²) in [6.07, 6.45) is 6.35. The molecule has 4 aliphatic rings. The van der Waals surface area contributed by atoms with Crippen molar-refractivity contribution in [2.75, 3.05) is 27.3 Å². The van der Waals surface area contributed by atoms with Crippen LogP contribution in [0, 0.1) is 17.3 Å². The maximum atomic E-state index is 14.8. The second kappa shape index (κ2) is 17.0. The van der Waals surface area contributed by atoms with Crippen molar-refractivity contribution in [3.8, 4) is 22.3 Å². The van der Waals surface area contributed by atoms with E-state index in [1.807, 2.05) is 55.7 Å². The number of ketones is 1. The van der Waals surface area contributed by atoms with E-state index in [-0.39, 0.29) is 41.5 Å². The summed E-state index contributed by atoms with van der Waals surface area (Å²) >= 11 is 0. The van der Waals surface area contributed by atoms with Gasteiger partial charge in [-0.25, -0.2) is 19.6 Å². The van der Waals surface area contributed by atoms with Gasteiger partial charge in [0.2, 0.25) is 11.8 Å². The minimum atomic E-state index is -0.726. The smallest absolute Gasteiger partial charge is 0.407 e. The number of aromatic amines is 2. The van der Waals surface area contributed by atoms with Crippen LogP contribution in [0.4, 0.5) is 9.59 Å². The molecule has 5 aromatic rings. The number of benzene rings is 3. The van der Waals surface area contributed by atoms with E-state index < -0.39 is 29.7 Å². The number of aromatic nitrogens is 4. The highest BCUT2D eigenvalue weighted by atomic mass is 16.5. The number of nitrogens with zero attached hydrogens (tertiary/aromatic N) is 4. The van der Waals surface area contributed by atoms with Crippen LogP contribution in [0.2, 0.25) is 0 Å². The summed E-state index contributed by atoms with van der Waals surface area (Å²) in [5.41, 5.74) is 8.50. The summed E-state index contributed by atoms with van der Waals surface area (Å²) < 4.78 is 9.62. The minimum Gasteiger partial charge on any atom is -0.453 e. The van der Waals surface area contributed by atoms with Crippen molar-refractivity contribution in [2.45, 2.75) is 110 Å². The Hall–Kier alpha value is -6.25. The molecule has 3 fully saturated rings. The lowest BCUT2D eigenvalue weighted by Gasteiger charge is -2.29. The normalized spacial score (nSPS) is 20.2. The van der Waals surface area contributed by atoms with Crippen LogP contribution in [0.3, 0.4) is 0 Å². The van der Waals surface area contributed by atoms with Crippen molar-refractivity contribution < 1.29 is 33.4 Å². The molecule has 1 spiro atoms. The van der Waals surface area contributed by atoms with Gasteiger partial charge in [-0.3, -0.25) is 14.4 Å². The lowest BCUT2D eigenvalue weighted by Crippen LogP contribution is -2.51. The molecule has 15 heteroatoms. The molecule has 9 rings (SSSR count). The third-order valence-corrected chi connectivity index (χ3v) is 14.2. The van der Waals surface area contributed by atoms with Crippen LogP contribution in [0.15, 0.2) is 48.5 Å². The molecule has 4 N–H and O–H groups in total. The van der Waals surface area contributed by atoms with Crippen molar-refractivity contribution in [3.05, 3.63) is 71.3 Å². The molecule has 2 aliphatic heterocycles. The van der Waals surface area contributed by atoms with Crippen molar-refractivity contribution in [3.63, 3.8) is 0 Å². The van der Waals surface area contributed by atoms with Gasteiger partial charge in [0, 0.05) is 24.1 Å². The number of fused-ring (bicyclic) bond motifs is 3. The average molecular weight is 871 g/mol. The number of methoxy groups -OCH3 is 2. The van der Waals surface area contributed by atoms with Crippen molar-refractivity contribution in [1.29, 1.82) is 0 Å². The topological polar surface area (TPSA) is 192 Å². The number of carbonyl (C=O) groups excluding carboxylic acids is 5. The van der Waals surface area contributed by atoms with E-state index in [1.165, 1.54) is 14.2 Å². The molecule has 336 valence electrons. The lowest BCUT2D eigenvalue weighted by atomic mass is 9.81. The van der Waals surface area contributed by atoms with E-state index in [2.05, 4.69) is 50.9 Å². The molecule has 2 aromatic heterocycles. The number of nitrogens with one attached hydrogen (secondary N) is 4. The number of amides is 4. The quantitative estimate of drug-likeness (QED) is 0.107. The van der Waals surface area contributed by atoms with Gasteiger partial charge in [0.15, 0.2) is 5.78 Å². The predicted molar refractivity (Wildman–Crippen MR) is 241 cm³/mol. The van der Waals surface area contributed by atoms with E-state index >= 15 is 0 Å². The maximum absolute atomic E-state index is 14.8. The average Bonchev–Trinajstić information content (AvgIpc) is 4.15. The Bertz CT molecular complexity index is 2660. The number of rotatable bonds is 10. The number of ether oxygens (including phenoxy) is 2.